The van der Waals surface area contributed by atoms with E-state index in [4.69, 9.17) is 16.6 Å². The molecule has 176 valence electrons. The summed E-state index contributed by atoms with van der Waals surface area (Å²) in [5, 5.41) is 3.33. The highest BCUT2D eigenvalue weighted by Crippen LogP contribution is 2.34. The number of benzene rings is 2. The summed E-state index contributed by atoms with van der Waals surface area (Å²) in [6.45, 7) is 11.4. The topological polar surface area (TPSA) is 108 Å². The monoisotopic (exact) mass is 460 g/mol. The normalized spacial score (nSPS) is 15.7. The zero-order valence-corrected chi connectivity index (χ0v) is 19.4. The minimum atomic E-state index is -0.405. The molecule has 8 nitrogen and oxygen atoms in total. The van der Waals surface area contributed by atoms with Gasteiger partial charge in [-0.2, -0.15) is 0 Å². The first kappa shape index (κ1) is 22.1. The number of aryl methyl sites for hydroxylation is 2. The van der Waals surface area contributed by atoms with E-state index in [0.717, 1.165) is 43.1 Å². The molecule has 5 rings (SSSR count). The zero-order chi connectivity index (χ0) is 24.0. The van der Waals surface area contributed by atoms with Gasteiger partial charge in [0.25, 0.3) is 0 Å². The van der Waals surface area contributed by atoms with Crippen LogP contribution in [0.4, 0.5) is 27.4 Å². The molecule has 9 heteroatoms. The lowest BCUT2D eigenvalue weighted by Crippen LogP contribution is -2.56. The van der Waals surface area contributed by atoms with Gasteiger partial charge in [0.15, 0.2) is 0 Å². The van der Waals surface area contributed by atoms with Crippen molar-refractivity contribution in [3.8, 4) is 0 Å². The number of anilines is 4. The second-order valence-electron chi connectivity index (χ2n) is 9.14. The van der Waals surface area contributed by atoms with Crippen molar-refractivity contribution in [1.29, 1.82) is 0 Å². The fraction of sp³-hybridized carbons (Fsp3) is 0.280. The molecule has 2 aromatic carbocycles. The summed E-state index contributed by atoms with van der Waals surface area (Å²) in [5.41, 5.74) is 15.6. The number of fused-ring (bicyclic) bond motifs is 1. The van der Waals surface area contributed by atoms with Crippen molar-refractivity contribution in [2.75, 3.05) is 29.6 Å². The molecule has 0 atom stereocenters. The van der Waals surface area contributed by atoms with Crippen LogP contribution in [-0.4, -0.2) is 38.9 Å². The van der Waals surface area contributed by atoms with E-state index in [1.807, 2.05) is 6.20 Å². The summed E-state index contributed by atoms with van der Waals surface area (Å²) in [7, 11) is 0. The third kappa shape index (κ3) is 4.15. The molecule has 3 aromatic rings. The third-order valence-corrected chi connectivity index (χ3v) is 6.52. The van der Waals surface area contributed by atoms with Crippen molar-refractivity contribution < 1.29 is 4.39 Å². The quantitative estimate of drug-likeness (QED) is 0.251. The van der Waals surface area contributed by atoms with Gasteiger partial charge < -0.3 is 21.4 Å². The number of nitrogens with two attached hydrogens (primary N) is 2. The van der Waals surface area contributed by atoms with Gasteiger partial charge in [-0.1, -0.05) is 12.6 Å². The first-order chi connectivity index (χ1) is 16.3. The highest BCUT2D eigenvalue weighted by Gasteiger charge is 2.36. The van der Waals surface area contributed by atoms with Crippen molar-refractivity contribution in [2.24, 2.45) is 5.84 Å². The summed E-state index contributed by atoms with van der Waals surface area (Å²) in [6, 6.07) is 9.52. The maximum atomic E-state index is 14.5. The van der Waals surface area contributed by atoms with Crippen LogP contribution in [0.25, 0.3) is 5.70 Å². The first-order valence-corrected chi connectivity index (χ1v) is 11.2. The van der Waals surface area contributed by atoms with Crippen LogP contribution < -0.4 is 22.3 Å². The van der Waals surface area contributed by atoms with Gasteiger partial charge in [-0.05, 0) is 49.2 Å². The van der Waals surface area contributed by atoms with Crippen LogP contribution in [0.5, 0.6) is 0 Å². The number of likely N-dealkylation sites (tertiary alicyclic amines) is 1. The van der Waals surface area contributed by atoms with Crippen LogP contribution in [0.1, 0.15) is 27.9 Å². The van der Waals surface area contributed by atoms with E-state index >= 15 is 0 Å². The van der Waals surface area contributed by atoms with Crippen LogP contribution in [0.15, 0.2) is 43.1 Å². The molecule has 1 saturated heterocycles. The number of nitrogens with one attached hydrogen (secondary N) is 2. The maximum Gasteiger partial charge on any atom is 0.227 e. The van der Waals surface area contributed by atoms with E-state index in [-0.39, 0.29) is 5.69 Å². The van der Waals surface area contributed by atoms with Crippen LogP contribution in [-0.2, 0) is 13.1 Å². The Morgan fingerprint density at radius 1 is 1.12 bits per heavy atom. The molecule has 1 aromatic heterocycles. The van der Waals surface area contributed by atoms with Crippen LogP contribution in [0, 0.1) is 19.7 Å². The fourth-order valence-electron chi connectivity index (χ4n) is 4.68. The number of hydrogen-bond acceptors (Lipinski definition) is 8. The molecule has 0 spiro atoms. The van der Waals surface area contributed by atoms with Crippen molar-refractivity contribution in [3.63, 3.8) is 0 Å². The average Bonchev–Trinajstić information content (AvgIpc) is 3.14. The summed E-state index contributed by atoms with van der Waals surface area (Å²) in [4.78, 5) is 13.7. The highest BCUT2D eigenvalue weighted by molar-refractivity contribution is 5.74. The third-order valence-electron chi connectivity index (χ3n) is 6.52. The van der Waals surface area contributed by atoms with Crippen molar-refractivity contribution in [3.05, 3.63) is 76.9 Å². The van der Waals surface area contributed by atoms with E-state index in [0.29, 0.717) is 28.9 Å². The van der Waals surface area contributed by atoms with Gasteiger partial charge in [-0.3, -0.25) is 10.7 Å². The number of rotatable bonds is 6. The van der Waals surface area contributed by atoms with Gasteiger partial charge in [-0.15, -0.1) is 0 Å². The molecule has 0 saturated carbocycles. The lowest BCUT2D eigenvalue weighted by molar-refractivity contribution is 0.0710. The van der Waals surface area contributed by atoms with E-state index < -0.39 is 5.82 Å². The number of nitrogen functional groups attached to an aromatic ring is 2. The van der Waals surface area contributed by atoms with Crippen molar-refractivity contribution in [1.82, 2.24) is 19.8 Å². The second kappa shape index (κ2) is 8.58. The molecular weight excluding hydrogens is 431 g/mol. The SMILES string of the molecule is C=C(c1cc(NN)c(N)cc1F)N1CC(N2Cc3cnc(Nc4cc(C)cc(C)c4)nc3C2)C1. The molecule has 1 fully saturated rings. The Morgan fingerprint density at radius 2 is 1.85 bits per heavy atom. The van der Waals surface area contributed by atoms with Gasteiger partial charge in [0.2, 0.25) is 5.95 Å². The molecular formula is C25H29FN8. The van der Waals surface area contributed by atoms with E-state index in [2.05, 4.69) is 64.2 Å². The molecule has 0 bridgehead atoms. The van der Waals surface area contributed by atoms with E-state index in [1.165, 1.54) is 17.2 Å². The molecule has 6 N–H and O–H groups in total. The predicted molar refractivity (Wildman–Crippen MR) is 133 cm³/mol. The molecule has 2 aliphatic heterocycles. The molecule has 0 amide bonds. The average molecular weight is 461 g/mol. The molecule has 3 heterocycles. The minimum Gasteiger partial charge on any atom is -0.397 e. The number of nitrogens with zero attached hydrogens (tertiary/aromatic N) is 4. The van der Waals surface area contributed by atoms with Gasteiger partial charge in [0.1, 0.15) is 5.82 Å². The number of hydrogen-bond donors (Lipinski definition) is 4. The minimum absolute atomic E-state index is 0.264. The van der Waals surface area contributed by atoms with Crippen molar-refractivity contribution >= 4 is 28.7 Å². The molecule has 0 aliphatic carbocycles. The van der Waals surface area contributed by atoms with Crippen LogP contribution >= 0.6 is 0 Å². The zero-order valence-electron chi connectivity index (χ0n) is 19.4. The largest absolute Gasteiger partial charge is 0.397 e. The fourth-order valence-corrected chi connectivity index (χ4v) is 4.68. The first-order valence-electron chi connectivity index (χ1n) is 11.2. The Balaban J connectivity index is 1.22. The Hall–Kier alpha value is -3.69. The Labute approximate surface area is 198 Å². The Bertz CT molecular complexity index is 1250. The van der Waals surface area contributed by atoms with E-state index in [1.54, 1.807) is 6.07 Å². The highest BCUT2D eigenvalue weighted by atomic mass is 19.1. The lowest BCUT2D eigenvalue weighted by Gasteiger charge is -2.46. The van der Waals surface area contributed by atoms with Gasteiger partial charge in [0, 0.05) is 60.9 Å². The Kier molecular flexibility index (Phi) is 5.59. The molecule has 2 aliphatic rings. The summed E-state index contributed by atoms with van der Waals surface area (Å²) in [5.74, 6) is 5.69. The Morgan fingerprint density at radius 3 is 2.56 bits per heavy atom. The van der Waals surface area contributed by atoms with E-state index in [9.17, 15) is 4.39 Å². The number of aromatic nitrogens is 2. The standard InChI is InChI=1S/C25H29FN8/c1-14-4-15(2)6-18(5-14)30-25-29-9-17-10-34(13-24(17)31-25)19-11-33(12-19)16(3)20-7-23(32-28)22(27)8-21(20)26/h4-9,19,32H,3,10-13,27-28H2,1-2H3,(H,29,30,31). The number of halogens is 1. The molecule has 34 heavy (non-hydrogen) atoms. The summed E-state index contributed by atoms with van der Waals surface area (Å²) >= 11 is 0. The summed E-state index contributed by atoms with van der Waals surface area (Å²) < 4.78 is 14.5. The van der Waals surface area contributed by atoms with Gasteiger partial charge in [-0.25, -0.2) is 14.4 Å². The predicted octanol–water partition coefficient (Wildman–Crippen LogP) is 3.51. The maximum absolute atomic E-state index is 14.5. The van der Waals surface area contributed by atoms with Crippen LogP contribution in [0.2, 0.25) is 0 Å². The van der Waals surface area contributed by atoms with Gasteiger partial charge >= 0.3 is 0 Å². The lowest BCUT2D eigenvalue weighted by atomic mass is 10.0. The van der Waals surface area contributed by atoms with Crippen LogP contribution in [0.3, 0.4) is 0 Å². The van der Waals surface area contributed by atoms with Gasteiger partial charge in [0.05, 0.1) is 17.1 Å². The summed E-state index contributed by atoms with van der Waals surface area (Å²) in [6.07, 6.45) is 1.91. The number of hydrazine groups is 1. The molecule has 0 radical (unpaired) electrons. The molecule has 0 unspecified atom stereocenters. The second-order valence-corrected chi connectivity index (χ2v) is 9.14. The van der Waals surface area contributed by atoms with Crippen molar-refractivity contribution in [2.45, 2.75) is 33.0 Å². The smallest absolute Gasteiger partial charge is 0.227 e.